The molecule has 0 spiro atoms. The standard InChI is InChI=1S/C14H16Cl2N4/c1-19-5-4-18-13(19)8-20-7-9-10(15)2-3-11(16)14(9)12(20)6-17/h2-5,12H,6-8,17H2,1H3. The predicted octanol–water partition coefficient (Wildman–Crippen LogP) is 2.74. The molecule has 0 saturated carbocycles. The zero-order valence-electron chi connectivity index (χ0n) is 11.2. The van der Waals surface area contributed by atoms with Crippen LogP contribution in [0.4, 0.5) is 0 Å². The number of fused-ring (bicyclic) bond motifs is 1. The Morgan fingerprint density at radius 2 is 2.10 bits per heavy atom. The van der Waals surface area contributed by atoms with Crippen LogP contribution in [0.15, 0.2) is 24.5 Å². The van der Waals surface area contributed by atoms with Gasteiger partial charge in [-0.1, -0.05) is 23.2 Å². The minimum absolute atomic E-state index is 0.0906. The van der Waals surface area contributed by atoms with Gasteiger partial charge in [0.15, 0.2) is 0 Å². The summed E-state index contributed by atoms with van der Waals surface area (Å²) in [6.07, 6.45) is 3.74. The third-order valence-electron chi connectivity index (χ3n) is 3.87. The summed E-state index contributed by atoms with van der Waals surface area (Å²) in [7, 11) is 1.99. The maximum Gasteiger partial charge on any atom is 0.122 e. The average molecular weight is 311 g/mol. The SMILES string of the molecule is Cn1ccnc1CN1Cc2c(Cl)ccc(Cl)c2C1CN. The molecule has 0 amide bonds. The maximum atomic E-state index is 6.33. The summed E-state index contributed by atoms with van der Waals surface area (Å²) in [5.74, 6) is 1.00. The number of halogens is 2. The fourth-order valence-electron chi connectivity index (χ4n) is 2.79. The molecule has 1 atom stereocenters. The molecule has 0 radical (unpaired) electrons. The summed E-state index contributed by atoms with van der Waals surface area (Å²) in [5.41, 5.74) is 8.11. The molecule has 1 aliphatic heterocycles. The van der Waals surface area contributed by atoms with E-state index in [1.807, 2.05) is 29.9 Å². The molecular weight excluding hydrogens is 295 g/mol. The van der Waals surface area contributed by atoms with E-state index < -0.39 is 0 Å². The fraction of sp³-hybridized carbons (Fsp3) is 0.357. The van der Waals surface area contributed by atoms with Crippen LogP contribution in [0.25, 0.3) is 0 Å². The normalized spacial score (nSPS) is 18.5. The lowest BCUT2D eigenvalue weighted by Gasteiger charge is -2.23. The predicted molar refractivity (Wildman–Crippen MR) is 80.7 cm³/mol. The molecule has 2 heterocycles. The van der Waals surface area contributed by atoms with E-state index in [4.69, 9.17) is 28.9 Å². The molecule has 106 valence electrons. The van der Waals surface area contributed by atoms with Crippen molar-refractivity contribution in [2.24, 2.45) is 12.8 Å². The molecule has 6 heteroatoms. The van der Waals surface area contributed by atoms with Gasteiger partial charge in [-0.2, -0.15) is 0 Å². The molecule has 2 aromatic rings. The first kappa shape index (κ1) is 13.9. The lowest BCUT2D eigenvalue weighted by molar-refractivity contribution is 0.203. The van der Waals surface area contributed by atoms with E-state index in [1.54, 1.807) is 6.20 Å². The number of hydrogen-bond acceptors (Lipinski definition) is 3. The van der Waals surface area contributed by atoms with Gasteiger partial charge >= 0.3 is 0 Å². The summed E-state index contributed by atoms with van der Waals surface area (Å²) in [6.45, 7) is 1.99. The molecule has 3 rings (SSSR count). The fourth-order valence-corrected chi connectivity index (χ4v) is 3.32. The van der Waals surface area contributed by atoms with Gasteiger partial charge in [-0.05, 0) is 23.3 Å². The van der Waals surface area contributed by atoms with E-state index in [0.717, 1.165) is 40.1 Å². The van der Waals surface area contributed by atoms with Crippen LogP contribution >= 0.6 is 23.2 Å². The minimum atomic E-state index is 0.0906. The number of hydrogen-bond donors (Lipinski definition) is 1. The van der Waals surface area contributed by atoms with Crippen LogP contribution in [0.1, 0.15) is 23.0 Å². The third-order valence-corrected chi connectivity index (χ3v) is 4.55. The van der Waals surface area contributed by atoms with Crippen LogP contribution in [0, 0.1) is 0 Å². The van der Waals surface area contributed by atoms with Crippen LogP contribution in [-0.2, 0) is 20.1 Å². The molecule has 1 aliphatic rings. The second kappa shape index (κ2) is 5.37. The Kier molecular flexibility index (Phi) is 3.73. The Balaban J connectivity index is 1.95. The van der Waals surface area contributed by atoms with Crippen molar-refractivity contribution in [3.63, 3.8) is 0 Å². The Hall–Kier alpha value is -1.07. The topological polar surface area (TPSA) is 47.1 Å². The summed E-state index contributed by atoms with van der Waals surface area (Å²) in [4.78, 5) is 6.64. The van der Waals surface area contributed by atoms with Crippen molar-refractivity contribution < 1.29 is 0 Å². The van der Waals surface area contributed by atoms with Crippen molar-refractivity contribution in [1.29, 1.82) is 0 Å². The van der Waals surface area contributed by atoms with Crippen LogP contribution < -0.4 is 5.73 Å². The number of imidazole rings is 1. The maximum absolute atomic E-state index is 6.33. The van der Waals surface area contributed by atoms with Crippen molar-refractivity contribution in [1.82, 2.24) is 14.5 Å². The van der Waals surface area contributed by atoms with Gasteiger partial charge in [0.05, 0.1) is 6.54 Å². The number of benzene rings is 1. The second-order valence-electron chi connectivity index (χ2n) is 5.03. The van der Waals surface area contributed by atoms with E-state index in [1.165, 1.54) is 0 Å². The number of nitrogens with two attached hydrogens (primary N) is 1. The van der Waals surface area contributed by atoms with Crippen molar-refractivity contribution >= 4 is 23.2 Å². The molecule has 4 nitrogen and oxygen atoms in total. The highest BCUT2D eigenvalue weighted by Crippen LogP contribution is 2.41. The highest BCUT2D eigenvalue weighted by atomic mass is 35.5. The van der Waals surface area contributed by atoms with Gasteiger partial charge in [-0.25, -0.2) is 4.98 Å². The molecule has 0 aliphatic carbocycles. The average Bonchev–Trinajstić information content (AvgIpc) is 2.99. The number of rotatable bonds is 3. The van der Waals surface area contributed by atoms with E-state index >= 15 is 0 Å². The summed E-state index contributed by atoms with van der Waals surface area (Å²) >= 11 is 12.6. The van der Waals surface area contributed by atoms with Crippen molar-refractivity contribution in [2.75, 3.05) is 6.54 Å². The zero-order valence-corrected chi connectivity index (χ0v) is 12.7. The molecule has 20 heavy (non-hydrogen) atoms. The first-order valence-electron chi connectivity index (χ1n) is 6.49. The highest BCUT2D eigenvalue weighted by Gasteiger charge is 2.33. The highest BCUT2D eigenvalue weighted by molar-refractivity contribution is 6.34. The molecule has 0 saturated heterocycles. The molecule has 1 aromatic carbocycles. The monoisotopic (exact) mass is 310 g/mol. The van der Waals surface area contributed by atoms with Gasteiger partial charge in [-0.3, -0.25) is 4.90 Å². The van der Waals surface area contributed by atoms with E-state index in [-0.39, 0.29) is 6.04 Å². The summed E-state index contributed by atoms with van der Waals surface area (Å²) in [6, 6.07) is 3.78. The lowest BCUT2D eigenvalue weighted by Crippen LogP contribution is -2.28. The Morgan fingerprint density at radius 3 is 2.75 bits per heavy atom. The second-order valence-corrected chi connectivity index (χ2v) is 5.85. The Labute approximate surface area is 128 Å². The molecule has 2 N–H and O–H groups in total. The van der Waals surface area contributed by atoms with E-state index in [9.17, 15) is 0 Å². The third kappa shape index (κ3) is 2.23. The van der Waals surface area contributed by atoms with Crippen LogP contribution in [-0.4, -0.2) is 21.0 Å². The quantitative estimate of drug-likeness (QED) is 0.948. The van der Waals surface area contributed by atoms with Crippen molar-refractivity contribution in [2.45, 2.75) is 19.1 Å². The largest absolute Gasteiger partial charge is 0.337 e. The minimum Gasteiger partial charge on any atom is -0.337 e. The number of aryl methyl sites for hydroxylation is 1. The molecule has 1 aromatic heterocycles. The van der Waals surface area contributed by atoms with Crippen LogP contribution in [0.3, 0.4) is 0 Å². The van der Waals surface area contributed by atoms with Gasteiger partial charge in [0, 0.05) is 48.6 Å². The van der Waals surface area contributed by atoms with Gasteiger partial charge in [-0.15, -0.1) is 0 Å². The Morgan fingerprint density at radius 1 is 1.35 bits per heavy atom. The van der Waals surface area contributed by atoms with Gasteiger partial charge in [0.2, 0.25) is 0 Å². The van der Waals surface area contributed by atoms with Gasteiger partial charge < -0.3 is 10.3 Å². The lowest BCUT2D eigenvalue weighted by atomic mass is 10.0. The molecule has 0 bridgehead atoms. The van der Waals surface area contributed by atoms with Crippen molar-refractivity contribution in [3.8, 4) is 0 Å². The number of aromatic nitrogens is 2. The summed E-state index contributed by atoms with van der Waals surface area (Å²) in [5, 5.41) is 1.49. The van der Waals surface area contributed by atoms with E-state index in [0.29, 0.717) is 6.54 Å². The van der Waals surface area contributed by atoms with Crippen LogP contribution in [0.2, 0.25) is 10.0 Å². The number of nitrogens with zero attached hydrogens (tertiary/aromatic N) is 3. The van der Waals surface area contributed by atoms with Crippen molar-refractivity contribution in [3.05, 3.63) is 51.5 Å². The van der Waals surface area contributed by atoms with E-state index in [2.05, 4.69) is 9.88 Å². The first-order valence-corrected chi connectivity index (χ1v) is 7.24. The zero-order chi connectivity index (χ0) is 14.3. The molecule has 1 unspecified atom stereocenters. The molecular formula is C14H16Cl2N4. The van der Waals surface area contributed by atoms with Crippen LogP contribution in [0.5, 0.6) is 0 Å². The smallest absolute Gasteiger partial charge is 0.122 e. The molecule has 0 fully saturated rings. The summed E-state index contributed by atoms with van der Waals surface area (Å²) < 4.78 is 2.01. The first-order chi connectivity index (χ1) is 9.61. The Bertz CT molecular complexity index is 638. The van der Waals surface area contributed by atoms with Gasteiger partial charge in [0.25, 0.3) is 0 Å². The van der Waals surface area contributed by atoms with Gasteiger partial charge in [0.1, 0.15) is 5.82 Å².